The summed E-state index contributed by atoms with van der Waals surface area (Å²) in [5, 5.41) is 22.2. The first-order valence-corrected chi connectivity index (χ1v) is 9.36. The molecular weight excluding hydrogens is 368 g/mol. The molecule has 0 spiro atoms. The Balaban J connectivity index is 1.49. The molecule has 1 fully saturated rings. The highest BCUT2D eigenvalue weighted by atomic mass is 16.2. The lowest BCUT2D eigenvalue weighted by molar-refractivity contribution is -0.131. The first-order valence-electron chi connectivity index (χ1n) is 9.36. The number of benzene rings is 1. The van der Waals surface area contributed by atoms with E-state index in [1.54, 1.807) is 15.8 Å². The number of nitrogen functional groups attached to an aromatic ring is 1. The van der Waals surface area contributed by atoms with Gasteiger partial charge in [0.15, 0.2) is 5.82 Å². The third-order valence-electron chi connectivity index (χ3n) is 5.37. The van der Waals surface area contributed by atoms with Gasteiger partial charge in [-0.1, -0.05) is 12.1 Å². The summed E-state index contributed by atoms with van der Waals surface area (Å²) in [5.41, 5.74) is 9.35. The van der Waals surface area contributed by atoms with Crippen molar-refractivity contribution in [1.82, 2.24) is 29.9 Å². The van der Waals surface area contributed by atoms with Crippen LogP contribution >= 0.6 is 0 Å². The molecule has 4 aromatic rings. The van der Waals surface area contributed by atoms with E-state index in [0.717, 1.165) is 34.0 Å². The van der Waals surface area contributed by atoms with Crippen molar-refractivity contribution in [2.45, 2.75) is 13.0 Å². The Morgan fingerprint density at radius 2 is 2.24 bits per heavy atom. The Morgan fingerprint density at radius 1 is 1.34 bits per heavy atom. The van der Waals surface area contributed by atoms with Gasteiger partial charge in [-0.2, -0.15) is 15.5 Å². The summed E-state index contributed by atoms with van der Waals surface area (Å²) < 4.78 is 1.60. The van der Waals surface area contributed by atoms with E-state index in [-0.39, 0.29) is 18.4 Å². The molecule has 1 aliphatic rings. The van der Waals surface area contributed by atoms with Crippen LogP contribution in [-0.2, 0) is 11.3 Å². The van der Waals surface area contributed by atoms with Crippen molar-refractivity contribution in [3.8, 4) is 17.3 Å². The van der Waals surface area contributed by atoms with Gasteiger partial charge in [-0.05, 0) is 18.6 Å². The van der Waals surface area contributed by atoms with Gasteiger partial charge in [0.2, 0.25) is 5.91 Å². The normalized spacial score (nSPS) is 16.5. The molecule has 0 bridgehead atoms. The van der Waals surface area contributed by atoms with Crippen molar-refractivity contribution < 1.29 is 4.79 Å². The zero-order chi connectivity index (χ0) is 20.0. The number of nitrogens with two attached hydrogens (primary N) is 1. The van der Waals surface area contributed by atoms with E-state index >= 15 is 0 Å². The lowest BCUT2D eigenvalue weighted by Gasteiger charge is -2.15. The SMILES string of the molecule is N#C[C@H]1CCN(C(=O)Cn2cc3c(n2)c(N)nc2cc(-c4ccn[nH]4)ccc23)C1. The molecule has 9 nitrogen and oxygen atoms in total. The van der Waals surface area contributed by atoms with Gasteiger partial charge in [-0.3, -0.25) is 14.6 Å². The lowest BCUT2D eigenvalue weighted by Crippen LogP contribution is -2.31. The third kappa shape index (κ3) is 2.95. The lowest BCUT2D eigenvalue weighted by atomic mass is 10.1. The molecule has 29 heavy (non-hydrogen) atoms. The number of nitrogens with zero attached hydrogens (tertiary/aromatic N) is 6. The van der Waals surface area contributed by atoms with Gasteiger partial charge < -0.3 is 10.6 Å². The smallest absolute Gasteiger partial charge is 0.244 e. The van der Waals surface area contributed by atoms with Crippen LogP contribution in [0, 0.1) is 17.2 Å². The largest absolute Gasteiger partial charge is 0.382 e. The quantitative estimate of drug-likeness (QED) is 0.553. The number of carbonyl (C=O) groups excluding carboxylic acids is 1. The van der Waals surface area contributed by atoms with E-state index in [1.165, 1.54) is 0 Å². The number of aromatic nitrogens is 5. The van der Waals surface area contributed by atoms with E-state index in [9.17, 15) is 4.79 Å². The fraction of sp³-hybridized carbons (Fsp3) is 0.250. The molecule has 0 unspecified atom stereocenters. The molecule has 0 aliphatic carbocycles. The monoisotopic (exact) mass is 386 g/mol. The number of likely N-dealkylation sites (tertiary alicyclic amines) is 1. The standard InChI is InChI=1S/C20H18N8O/c21-8-12-4-6-27(9-12)18(29)11-28-10-15-14-2-1-13(16-3-5-23-25-16)7-17(14)24-20(22)19(15)26-28/h1-3,5,7,10,12H,4,6,9,11H2,(H2,22,24)(H,23,25)/t12-/m1/s1. The van der Waals surface area contributed by atoms with Crippen LogP contribution in [0.3, 0.4) is 0 Å². The number of nitrogens with one attached hydrogen (secondary N) is 1. The van der Waals surface area contributed by atoms with Gasteiger partial charge in [0, 0.05) is 41.8 Å². The molecule has 1 saturated heterocycles. The van der Waals surface area contributed by atoms with E-state index in [2.05, 4.69) is 26.3 Å². The summed E-state index contributed by atoms with van der Waals surface area (Å²) in [6.45, 7) is 1.21. The zero-order valence-corrected chi connectivity index (χ0v) is 15.5. The van der Waals surface area contributed by atoms with Crippen LogP contribution in [0.2, 0.25) is 0 Å². The maximum Gasteiger partial charge on any atom is 0.244 e. The molecule has 5 rings (SSSR count). The Hall–Kier alpha value is -3.93. The fourth-order valence-corrected chi connectivity index (χ4v) is 3.84. The topological polar surface area (TPSA) is 130 Å². The van der Waals surface area contributed by atoms with Crippen molar-refractivity contribution in [1.29, 1.82) is 5.26 Å². The molecule has 1 amide bonds. The molecule has 1 aromatic carbocycles. The number of pyridine rings is 1. The molecular formula is C20H18N8O. The fourth-order valence-electron chi connectivity index (χ4n) is 3.84. The number of nitriles is 1. The highest BCUT2D eigenvalue weighted by Crippen LogP contribution is 2.30. The number of H-pyrrole nitrogens is 1. The summed E-state index contributed by atoms with van der Waals surface area (Å²) in [4.78, 5) is 18.8. The predicted molar refractivity (Wildman–Crippen MR) is 107 cm³/mol. The summed E-state index contributed by atoms with van der Waals surface area (Å²) in [5.74, 6) is 0.197. The van der Waals surface area contributed by atoms with Gasteiger partial charge in [0.25, 0.3) is 0 Å². The van der Waals surface area contributed by atoms with Gasteiger partial charge in [-0.15, -0.1) is 0 Å². The van der Waals surface area contributed by atoms with E-state index in [4.69, 9.17) is 11.0 Å². The Morgan fingerprint density at radius 3 is 3.00 bits per heavy atom. The van der Waals surface area contributed by atoms with Crippen molar-refractivity contribution in [3.05, 3.63) is 36.7 Å². The van der Waals surface area contributed by atoms with Crippen LogP contribution in [0.1, 0.15) is 6.42 Å². The van der Waals surface area contributed by atoms with Crippen LogP contribution in [0.4, 0.5) is 5.82 Å². The molecule has 1 atom stereocenters. The summed E-state index contributed by atoms with van der Waals surface area (Å²) in [6, 6.07) is 10.0. The summed E-state index contributed by atoms with van der Waals surface area (Å²) >= 11 is 0. The minimum atomic E-state index is -0.0801. The summed E-state index contributed by atoms with van der Waals surface area (Å²) in [7, 11) is 0. The average molecular weight is 386 g/mol. The number of amides is 1. The molecule has 144 valence electrons. The number of anilines is 1. The van der Waals surface area contributed by atoms with Crippen LogP contribution < -0.4 is 5.73 Å². The number of aromatic amines is 1. The molecule has 1 aliphatic heterocycles. The van der Waals surface area contributed by atoms with E-state index < -0.39 is 0 Å². The molecule has 4 heterocycles. The molecule has 3 aromatic heterocycles. The van der Waals surface area contributed by atoms with Crippen molar-refractivity contribution in [2.24, 2.45) is 5.92 Å². The summed E-state index contributed by atoms with van der Waals surface area (Å²) in [6.07, 6.45) is 4.26. The van der Waals surface area contributed by atoms with E-state index in [1.807, 2.05) is 30.5 Å². The predicted octanol–water partition coefficient (Wildman–Crippen LogP) is 1.93. The average Bonchev–Trinajstić information content (AvgIpc) is 3.47. The van der Waals surface area contributed by atoms with Gasteiger partial charge in [-0.25, -0.2) is 4.98 Å². The molecule has 3 N–H and O–H groups in total. The second-order valence-corrected chi connectivity index (χ2v) is 7.24. The molecule has 0 saturated carbocycles. The minimum absolute atomic E-state index is 0.0482. The zero-order valence-electron chi connectivity index (χ0n) is 15.5. The Kier molecular flexibility index (Phi) is 3.91. The van der Waals surface area contributed by atoms with Crippen molar-refractivity contribution in [3.63, 3.8) is 0 Å². The van der Waals surface area contributed by atoms with E-state index in [0.29, 0.717) is 24.4 Å². The van der Waals surface area contributed by atoms with Gasteiger partial charge in [0.05, 0.1) is 23.2 Å². The Labute approximate surface area is 165 Å². The van der Waals surface area contributed by atoms with Crippen LogP contribution in [-0.4, -0.2) is 48.9 Å². The van der Waals surface area contributed by atoms with Crippen LogP contribution in [0.25, 0.3) is 33.1 Å². The molecule has 0 radical (unpaired) electrons. The van der Waals surface area contributed by atoms with Crippen LogP contribution in [0.15, 0.2) is 36.7 Å². The second-order valence-electron chi connectivity index (χ2n) is 7.24. The van der Waals surface area contributed by atoms with Crippen molar-refractivity contribution in [2.75, 3.05) is 18.8 Å². The van der Waals surface area contributed by atoms with Gasteiger partial charge in [0.1, 0.15) is 12.1 Å². The minimum Gasteiger partial charge on any atom is -0.382 e. The van der Waals surface area contributed by atoms with Crippen LogP contribution in [0.5, 0.6) is 0 Å². The number of fused-ring (bicyclic) bond motifs is 3. The van der Waals surface area contributed by atoms with Gasteiger partial charge >= 0.3 is 0 Å². The first kappa shape index (κ1) is 17.2. The second kappa shape index (κ2) is 6.60. The molecule has 9 heteroatoms. The number of rotatable bonds is 3. The third-order valence-corrected chi connectivity index (χ3v) is 5.37. The number of hydrogen-bond donors (Lipinski definition) is 2. The maximum atomic E-state index is 12.6. The maximum absolute atomic E-state index is 12.6. The highest BCUT2D eigenvalue weighted by molar-refractivity contribution is 6.08. The first-order chi connectivity index (χ1) is 14.1. The van der Waals surface area contributed by atoms with Crippen molar-refractivity contribution >= 4 is 33.5 Å². The number of hydrogen-bond acceptors (Lipinski definition) is 6. The Bertz CT molecular complexity index is 1270. The number of carbonyl (C=O) groups is 1. The highest BCUT2D eigenvalue weighted by Gasteiger charge is 2.26.